The number of hydrogen-bond acceptors (Lipinski definition) is 5. The Hall–Kier alpha value is -2.50. The summed E-state index contributed by atoms with van der Waals surface area (Å²) in [6.07, 6.45) is 0. The van der Waals surface area contributed by atoms with Crippen LogP contribution in [-0.4, -0.2) is 25.6 Å². The van der Waals surface area contributed by atoms with Gasteiger partial charge in [-0.15, -0.1) is 10.2 Å². The topological polar surface area (TPSA) is 79.4 Å². The van der Waals surface area contributed by atoms with Crippen LogP contribution in [0.5, 0.6) is 0 Å². The molecule has 0 atom stereocenters. The lowest BCUT2D eigenvalue weighted by Crippen LogP contribution is -2.03. The molecule has 0 aliphatic carbocycles. The van der Waals surface area contributed by atoms with E-state index < -0.39 is 0 Å². The van der Waals surface area contributed by atoms with Crippen molar-refractivity contribution in [1.82, 2.24) is 25.6 Å². The standard InChI is InChI=1S/C11H10N6/c1-2-4-9-8(3-1)5-6-10(13-9)12-7-11-14-16-17-15-11/h1-6H,7H2,(H,12,13)(H,14,15,16,17). The zero-order valence-corrected chi connectivity index (χ0v) is 8.96. The first-order chi connectivity index (χ1) is 8.42. The molecule has 84 valence electrons. The van der Waals surface area contributed by atoms with Gasteiger partial charge >= 0.3 is 0 Å². The highest BCUT2D eigenvalue weighted by atomic mass is 15.5. The van der Waals surface area contributed by atoms with Crippen molar-refractivity contribution in [1.29, 1.82) is 0 Å². The summed E-state index contributed by atoms with van der Waals surface area (Å²) in [5.74, 6) is 1.41. The van der Waals surface area contributed by atoms with Crippen molar-refractivity contribution >= 4 is 16.7 Å². The van der Waals surface area contributed by atoms with Crippen LogP contribution in [0, 0.1) is 0 Å². The fraction of sp³-hybridized carbons (Fsp3) is 0.0909. The van der Waals surface area contributed by atoms with Crippen molar-refractivity contribution < 1.29 is 0 Å². The van der Waals surface area contributed by atoms with Crippen LogP contribution in [0.4, 0.5) is 5.82 Å². The lowest BCUT2D eigenvalue weighted by atomic mass is 10.2. The van der Waals surface area contributed by atoms with Gasteiger partial charge < -0.3 is 5.32 Å². The molecule has 0 fully saturated rings. The van der Waals surface area contributed by atoms with E-state index in [1.807, 2.05) is 36.4 Å². The zero-order chi connectivity index (χ0) is 11.5. The minimum absolute atomic E-state index is 0.502. The van der Waals surface area contributed by atoms with Gasteiger partial charge in [-0.05, 0) is 18.2 Å². The first-order valence-electron chi connectivity index (χ1n) is 5.24. The van der Waals surface area contributed by atoms with Crippen LogP contribution in [0.1, 0.15) is 5.82 Å². The summed E-state index contributed by atoms with van der Waals surface area (Å²) in [6, 6.07) is 11.9. The molecule has 17 heavy (non-hydrogen) atoms. The van der Waals surface area contributed by atoms with Crippen LogP contribution in [0.3, 0.4) is 0 Å². The highest BCUT2D eigenvalue weighted by molar-refractivity contribution is 5.79. The predicted molar refractivity (Wildman–Crippen MR) is 63.2 cm³/mol. The highest BCUT2D eigenvalue weighted by Gasteiger charge is 2.00. The zero-order valence-electron chi connectivity index (χ0n) is 8.96. The van der Waals surface area contributed by atoms with Crippen LogP contribution in [0.25, 0.3) is 10.9 Å². The molecule has 0 saturated heterocycles. The summed E-state index contributed by atoms with van der Waals surface area (Å²) in [5.41, 5.74) is 0.964. The maximum absolute atomic E-state index is 4.48. The van der Waals surface area contributed by atoms with E-state index >= 15 is 0 Å². The molecule has 0 spiro atoms. The smallest absolute Gasteiger partial charge is 0.193 e. The van der Waals surface area contributed by atoms with Gasteiger partial charge in [0.05, 0.1) is 12.1 Å². The Morgan fingerprint density at radius 3 is 2.94 bits per heavy atom. The van der Waals surface area contributed by atoms with Gasteiger partial charge in [0.1, 0.15) is 5.82 Å². The monoisotopic (exact) mass is 226 g/mol. The average molecular weight is 226 g/mol. The van der Waals surface area contributed by atoms with E-state index in [4.69, 9.17) is 0 Å². The number of benzene rings is 1. The number of pyridine rings is 1. The van der Waals surface area contributed by atoms with E-state index in [1.54, 1.807) is 0 Å². The first kappa shape index (κ1) is 9.71. The van der Waals surface area contributed by atoms with Gasteiger partial charge in [-0.3, -0.25) is 0 Å². The molecule has 0 aliphatic heterocycles. The molecule has 0 bridgehead atoms. The molecule has 0 radical (unpaired) electrons. The van der Waals surface area contributed by atoms with Gasteiger partial charge in [-0.2, -0.15) is 5.21 Å². The van der Waals surface area contributed by atoms with Crippen molar-refractivity contribution in [3.63, 3.8) is 0 Å². The Labute approximate surface area is 97.1 Å². The molecule has 6 nitrogen and oxygen atoms in total. The second kappa shape index (κ2) is 4.17. The number of anilines is 1. The molecule has 2 aromatic heterocycles. The maximum Gasteiger partial charge on any atom is 0.193 e. The van der Waals surface area contributed by atoms with Crippen LogP contribution >= 0.6 is 0 Å². The fourth-order valence-electron chi connectivity index (χ4n) is 1.59. The second-order valence-electron chi connectivity index (χ2n) is 3.57. The molecular formula is C11H10N6. The van der Waals surface area contributed by atoms with Crippen molar-refractivity contribution in [2.45, 2.75) is 6.54 Å². The summed E-state index contributed by atoms with van der Waals surface area (Å²) in [7, 11) is 0. The number of hydrogen-bond donors (Lipinski definition) is 2. The first-order valence-corrected chi connectivity index (χ1v) is 5.24. The Kier molecular flexibility index (Phi) is 2.38. The molecule has 0 aliphatic rings. The maximum atomic E-state index is 4.48. The molecule has 3 rings (SSSR count). The van der Waals surface area contributed by atoms with Crippen LogP contribution in [-0.2, 0) is 6.54 Å². The van der Waals surface area contributed by atoms with E-state index in [0.29, 0.717) is 12.4 Å². The normalized spacial score (nSPS) is 10.6. The van der Waals surface area contributed by atoms with Gasteiger partial charge in [0.15, 0.2) is 5.82 Å². The Bertz CT molecular complexity index is 619. The Morgan fingerprint density at radius 1 is 1.12 bits per heavy atom. The number of fused-ring (bicyclic) bond motifs is 1. The third kappa shape index (κ3) is 2.05. The number of nitrogens with zero attached hydrogens (tertiary/aromatic N) is 4. The molecule has 0 saturated carbocycles. The molecule has 3 aromatic rings. The number of nitrogens with one attached hydrogen (secondary N) is 2. The minimum atomic E-state index is 0.502. The minimum Gasteiger partial charge on any atom is -0.363 e. The van der Waals surface area contributed by atoms with Gasteiger partial charge in [0.2, 0.25) is 0 Å². The van der Waals surface area contributed by atoms with Gasteiger partial charge in [-0.1, -0.05) is 23.4 Å². The number of para-hydroxylation sites is 1. The van der Waals surface area contributed by atoms with Crippen molar-refractivity contribution in [3.05, 3.63) is 42.2 Å². The predicted octanol–water partition coefficient (Wildman–Crippen LogP) is 1.36. The van der Waals surface area contributed by atoms with Gasteiger partial charge in [-0.25, -0.2) is 4.98 Å². The van der Waals surface area contributed by atoms with Crippen molar-refractivity contribution in [2.24, 2.45) is 0 Å². The lowest BCUT2D eigenvalue weighted by Gasteiger charge is -2.03. The second-order valence-corrected chi connectivity index (χ2v) is 3.57. The van der Waals surface area contributed by atoms with Gasteiger partial charge in [0, 0.05) is 5.39 Å². The molecule has 0 amide bonds. The van der Waals surface area contributed by atoms with E-state index in [9.17, 15) is 0 Å². The van der Waals surface area contributed by atoms with Crippen LogP contribution < -0.4 is 5.32 Å². The summed E-state index contributed by atoms with van der Waals surface area (Å²) in [4.78, 5) is 4.48. The third-order valence-corrected chi connectivity index (χ3v) is 2.42. The lowest BCUT2D eigenvalue weighted by molar-refractivity contribution is 0.881. The van der Waals surface area contributed by atoms with E-state index in [0.717, 1.165) is 16.7 Å². The average Bonchev–Trinajstić information content (AvgIpc) is 2.89. The third-order valence-electron chi connectivity index (χ3n) is 2.42. The summed E-state index contributed by atoms with van der Waals surface area (Å²) < 4.78 is 0. The molecule has 0 unspecified atom stereocenters. The number of H-pyrrole nitrogens is 1. The number of aromatic amines is 1. The van der Waals surface area contributed by atoms with Crippen LogP contribution in [0.2, 0.25) is 0 Å². The van der Waals surface area contributed by atoms with E-state index in [-0.39, 0.29) is 0 Å². The van der Waals surface area contributed by atoms with Crippen molar-refractivity contribution in [2.75, 3.05) is 5.32 Å². The summed E-state index contributed by atoms with van der Waals surface area (Å²) in [6.45, 7) is 0.502. The molecule has 6 heteroatoms. The molecule has 1 aromatic carbocycles. The molecule has 2 N–H and O–H groups in total. The number of rotatable bonds is 3. The van der Waals surface area contributed by atoms with E-state index in [1.165, 1.54) is 0 Å². The van der Waals surface area contributed by atoms with Gasteiger partial charge in [0.25, 0.3) is 0 Å². The number of aromatic nitrogens is 5. The Morgan fingerprint density at radius 2 is 2.06 bits per heavy atom. The molecule has 2 heterocycles. The van der Waals surface area contributed by atoms with E-state index in [2.05, 4.69) is 30.9 Å². The number of tetrazole rings is 1. The largest absolute Gasteiger partial charge is 0.363 e. The highest BCUT2D eigenvalue weighted by Crippen LogP contribution is 2.14. The fourth-order valence-corrected chi connectivity index (χ4v) is 1.59. The van der Waals surface area contributed by atoms with Crippen molar-refractivity contribution in [3.8, 4) is 0 Å². The quantitative estimate of drug-likeness (QED) is 0.705. The molecular weight excluding hydrogens is 216 g/mol. The Balaban J connectivity index is 1.81. The summed E-state index contributed by atoms with van der Waals surface area (Å²) >= 11 is 0. The SMILES string of the molecule is c1ccc2nc(NCc3nn[nH]n3)ccc2c1. The van der Waals surface area contributed by atoms with Crippen LogP contribution in [0.15, 0.2) is 36.4 Å². The summed E-state index contributed by atoms with van der Waals surface area (Å²) in [5, 5.41) is 17.9.